The van der Waals surface area contributed by atoms with E-state index in [0.29, 0.717) is 5.41 Å². The second-order valence-corrected chi connectivity index (χ2v) is 4.87. The van der Waals surface area contributed by atoms with Crippen LogP contribution in [0, 0.1) is 5.41 Å². The number of rotatable bonds is 5. The van der Waals surface area contributed by atoms with Crippen LogP contribution in [0.3, 0.4) is 0 Å². The van der Waals surface area contributed by atoms with Crippen molar-refractivity contribution in [2.75, 3.05) is 13.6 Å². The first-order chi connectivity index (χ1) is 7.11. The fourth-order valence-corrected chi connectivity index (χ4v) is 2.04. The molecule has 0 aliphatic heterocycles. The van der Waals surface area contributed by atoms with E-state index < -0.39 is 0 Å². The number of halogens is 1. The Morgan fingerprint density at radius 1 is 1.33 bits per heavy atom. The average molecular weight is 226 g/mol. The number of nitrogens with one attached hydrogen (secondary N) is 1. The molecule has 0 aliphatic rings. The lowest BCUT2D eigenvalue weighted by Crippen LogP contribution is -2.31. The Hall–Kier alpha value is -0.530. The minimum atomic E-state index is 0.291. The maximum atomic E-state index is 6.17. The lowest BCUT2D eigenvalue weighted by Gasteiger charge is -2.28. The van der Waals surface area contributed by atoms with Gasteiger partial charge in [-0.2, -0.15) is 0 Å². The first-order valence-corrected chi connectivity index (χ1v) is 5.87. The third kappa shape index (κ3) is 3.51. The Morgan fingerprint density at radius 2 is 2.00 bits per heavy atom. The van der Waals surface area contributed by atoms with Gasteiger partial charge in [-0.1, -0.05) is 43.6 Å². The predicted octanol–water partition coefficient (Wildman–Crippen LogP) is 3.52. The van der Waals surface area contributed by atoms with Gasteiger partial charge in [0.2, 0.25) is 0 Å². The minimum absolute atomic E-state index is 0.291. The Kier molecular flexibility index (Phi) is 4.62. The Labute approximate surface area is 97.8 Å². The van der Waals surface area contributed by atoms with Gasteiger partial charge in [-0.3, -0.25) is 0 Å². The van der Waals surface area contributed by atoms with Gasteiger partial charge in [0, 0.05) is 11.6 Å². The van der Waals surface area contributed by atoms with Crippen LogP contribution in [0.2, 0.25) is 5.02 Å². The van der Waals surface area contributed by atoms with Crippen molar-refractivity contribution in [3.63, 3.8) is 0 Å². The molecule has 1 N–H and O–H groups in total. The molecule has 0 saturated carbocycles. The second-order valence-electron chi connectivity index (χ2n) is 4.46. The molecule has 1 aromatic rings. The highest BCUT2D eigenvalue weighted by atomic mass is 35.5. The van der Waals surface area contributed by atoms with Gasteiger partial charge in [-0.25, -0.2) is 0 Å². The summed E-state index contributed by atoms with van der Waals surface area (Å²) in [4.78, 5) is 0. The fraction of sp³-hybridized carbons (Fsp3) is 0.538. The molecule has 1 unspecified atom stereocenters. The van der Waals surface area contributed by atoms with E-state index in [1.165, 1.54) is 5.56 Å². The Balaban J connectivity index is 2.79. The summed E-state index contributed by atoms with van der Waals surface area (Å²) in [5.41, 5.74) is 1.54. The third-order valence-electron chi connectivity index (χ3n) is 3.03. The summed E-state index contributed by atoms with van der Waals surface area (Å²) in [5, 5.41) is 4.14. The molecule has 1 nitrogen and oxygen atoms in total. The van der Waals surface area contributed by atoms with Crippen LogP contribution in [-0.2, 0) is 6.42 Å². The van der Waals surface area contributed by atoms with E-state index in [-0.39, 0.29) is 0 Å². The van der Waals surface area contributed by atoms with Gasteiger partial charge in [0.25, 0.3) is 0 Å². The lowest BCUT2D eigenvalue weighted by molar-refractivity contribution is 0.299. The topological polar surface area (TPSA) is 12.0 Å². The van der Waals surface area contributed by atoms with Gasteiger partial charge in [-0.15, -0.1) is 0 Å². The Morgan fingerprint density at radius 3 is 2.53 bits per heavy atom. The lowest BCUT2D eigenvalue weighted by atomic mass is 9.81. The van der Waals surface area contributed by atoms with E-state index in [2.05, 4.69) is 31.3 Å². The highest BCUT2D eigenvalue weighted by Gasteiger charge is 2.22. The minimum Gasteiger partial charge on any atom is -0.319 e. The Bertz CT molecular complexity index is 311. The highest BCUT2D eigenvalue weighted by Crippen LogP contribution is 2.28. The van der Waals surface area contributed by atoms with E-state index >= 15 is 0 Å². The summed E-state index contributed by atoms with van der Waals surface area (Å²) in [6.07, 6.45) is 2.18. The van der Waals surface area contributed by atoms with Crippen molar-refractivity contribution >= 4 is 11.6 Å². The molecule has 0 aliphatic carbocycles. The summed E-state index contributed by atoms with van der Waals surface area (Å²) in [6, 6.07) is 8.11. The first-order valence-electron chi connectivity index (χ1n) is 5.49. The third-order valence-corrected chi connectivity index (χ3v) is 3.40. The SMILES string of the molecule is CCC(C)(CNC)Cc1ccccc1Cl. The summed E-state index contributed by atoms with van der Waals surface area (Å²) in [7, 11) is 2.00. The van der Waals surface area contributed by atoms with Crippen LogP contribution < -0.4 is 5.32 Å². The van der Waals surface area contributed by atoms with Crippen LogP contribution in [0.15, 0.2) is 24.3 Å². The summed E-state index contributed by atoms with van der Waals surface area (Å²) < 4.78 is 0. The van der Waals surface area contributed by atoms with E-state index in [1.54, 1.807) is 0 Å². The molecule has 0 saturated heterocycles. The molecule has 0 fully saturated rings. The van der Waals surface area contributed by atoms with Gasteiger partial charge >= 0.3 is 0 Å². The standard InChI is InChI=1S/C13H20ClN/c1-4-13(2,10-15-3)9-11-7-5-6-8-12(11)14/h5-8,15H,4,9-10H2,1-3H3. The van der Waals surface area contributed by atoms with Crippen LogP contribution in [0.25, 0.3) is 0 Å². The second kappa shape index (κ2) is 5.53. The molecule has 0 radical (unpaired) electrons. The molecule has 84 valence electrons. The quantitative estimate of drug-likeness (QED) is 0.809. The van der Waals surface area contributed by atoms with E-state index in [9.17, 15) is 0 Å². The molecule has 0 spiro atoms. The van der Waals surface area contributed by atoms with Gasteiger partial charge in [0.05, 0.1) is 0 Å². The zero-order valence-corrected chi connectivity index (χ0v) is 10.6. The van der Waals surface area contributed by atoms with Crippen LogP contribution >= 0.6 is 11.6 Å². The van der Waals surface area contributed by atoms with Crippen molar-refractivity contribution in [1.82, 2.24) is 5.32 Å². The van der Waals surface area contributed by atoms with Crippen molar-refractivity contribution < 1.29 is 0 Å². The molecular formula is C13H20ClN. The van der Waals surface area contributed by atoms with Crippen molar-refractivity contribution in [3.05, 3.63) is 34.9 Å². The summed E-state index contributed by atoms with van der Waals surface area (Å²) >= 11 is 6.17. The zero-order valence-electron chi connectivity index (χ0n) is 9.81. The number of hydrogen-bond donors (Lipinski definition) is 1. The van der Waals surface area contributed by atoms with Crippen LogP contribution in [0.1, 0.15) is 25.8 Å². The van der Waals surface area contributed by atoms with Gasteiger partial charge in [-0.05, 0) is 36.9 Å². The maximum absolute atomic E-state index is 6.17. The van der Waals surface area contributed by atoms with Gasteiger partial charge in [0.1, 0.15) is 0 Å². The fourth-order valence-electron chi connectivity index (χ4n) is 1.84. The largest absolute Gasteiger partial charge is 0.319 e. The first kappa shape index (κ1) is 12.5. The van der Waals surface area contributed by atoms with Crippen LogP contribution in [0.5, 0.6) is 0 Å². The number of hydrogen-bond acceptors (Lipinski definition) is 1. The summed E-state index contributed by atoms with van der Waals surface area (Å²) in [6.45, 7) is 5.55. The number of benzene rings is 1. The predicted molar refractivity (Wildman–Crippen MR) is 67.5 cm³/mol. The molecule has 0 heterocycles. The molecule has 2 heteroatoms. The van der Waals surface area contributed by atoms with Crippen molar-refractivity contribution in [2.45, 2.75) is 26.7 Å². The van der Waals surface area contributed by atoms with Crippen molar-refractivity contribution in [3.8, 4) is 0 Å². The van der Waals surface area contributed by atoms with Crippen molar-refractivity contribution in [1.29, 1.82) is 0 Å². The maximum Gasteiger partial charge on any atom is 0.0438 e. The molecule has 1 atom stereocenters. The van der Waals surface area contributed by atoms with E-state index in [0.717, 1.165) is 24.4 Å². The van der Waals surface area contributed by atoms with E-state index in [1.807, 2.05) is 19.2 Å². The van der Waals surface area contributed by atoms with Crippen LogP contribution in [-0.4, -0.2) is 13.6 Å². The smallest absolute Gasteiger partial charge is 0.0438 e. The van der Waals surface area contributed by atoms with Gasteiger partial charge in [0.15, 0.2) is 0 Å². The van der Waals surface area contributed by atoms with E-state index in [4.69, 9.17) is 11.6 Å². The molecule has 1 rings (SSSR count). The molecule has 15 heavy (non-hydrogen) atoms. The molecule has 0 amide bonds. The molecular weight excluding hydrogens is 206 g/mol. The summed E-state index contributed by atoms with van der Waals surface area (Å²) in [5.74, 6) is 0. The van der Waals surface area contributed by atoms with Gasteiger partial charge < -0.3 is 5.32 Å². The molecule has 0 aromatic heterocycles. The normalized spacial score (nSPS) is 14.9. The molecule has 1 aromatic carbocycles. The van der Waals surface area contributed by atoms with Crippen molar-refractivity contribution in [2.24, 2.45) is 5.41 Å². The monoisotopic (exact) mass is 225 g/mol. The van der Waals surface area contributed by atoms with Crippen LogP contribution in [0.4, 0.5) is 0 Å². The zero-order chi connectivity index (χ0) is 11.3. The highest BCUT2D eigenvalue weighted by molar-refractivity contribution is 6.31. The molecule has 0 bridgehead atoms. The average Bonchev–Trinajstić information content (AvgIpc) is 2.22.